The number of nitrogens with one attached hydrogen (secondary N) is 1. The molecule has 1 unspecified atom stereocenters. The number of aliphatic hydroxyl groups is 1. The van der Waals surface area contributed by atoms with Gasteiger partial charge in [-0.05, 0) is 38.7 Å². The molecule has 1 heterocycles. The molecule has 0 saturated carbocycles. The molecule has 4 nitrogen and oxygen atoms in total. The lowest BCUT2D eigenvalue weighted by atomic mass is 9.94. The van der Waals surface area contributed by atoms with Crippen LogP contribution in [0.1, 0.15) is 52.4 Å². The first-order valence-corrected chi connectivity index (χ1v) is 7.36. The van der Waals surface area contributed by atoms with Crippen LogP contribution in [0.5, 0.6) is 0 Å². The number of nitrogens with zero attached hydrogens (tertiary/aromatic N) is 2. The standard InChI is InChI=1S/C15H29N3O/c1-6-13-8-14(18(7-2)17-13)10-16-11-15(5,19)9-12(3)4/h8,12,16,19H,6-7,9-11H2,1-5H3. The molecular weight excluding hydrogens is 238 g/mol. The van der Waals surface area contributed by atoms with E-state index in [0.29, 0.717) is 12.5 Å². The summed E-state index contributed by atoms with van der Waals surface area (Å²) in [6.45, 7) is 12.6. The highest BCUT2D eigenvalue weighted by Crippen LogP contribution is 2.15. The fraction of sp³-hybridized carbons (Fsp3) is 0.800. The van der Waals surface area contributed by atoms with Gasteiger partial charge in [0.2, 0.25) is 0 Å². The van der Waals surface area contributed by atoms with E-state index in [2.05, 4.69) is 44.2 Å². The fourth-order valence-electron chi connectivity index (χ4n) is 2.52. The van der Waals surface area contributed by atoms with Gasteiger partial charge in [0.1, 0.15) is 0 Å². The van der Waals surface area contributed by atoms with E-state index in [0.717, 1.165) is 31.6 Å². The van der Waals surface area contributed by atoms with Gasteiger partial charge in [-0.15, -0.1) is 0 Å². The maximum atomic E-state index is 10.3. The summed E-state index contributed by atoms with van der Waals surface area (Å²) in [5, 5.41) is 18.1. The molecule has 0 aliphatic carbocycles. The third-order valence-electron chi connectivity index (χ3n) is 3.24. The highest BCUT2D eigenvalue weighted by Gasteiger charge is 2.21. The quantitative estimate of drug-likeness (QED) is 0.760. The Hall–Kier alpha value is -0.870. The molecule has 4 heteroatoms. The predicted octanol–water partition coefficient (Wildman–Crippen LogP) is 2.35. The van der Waals surface area contributed by atoms with E-state index in [1.807, 2.05) is 11.6 Å². The van der Waals surface area contributed by atoms with E-state index < -0.39 is 5.60 Å². The number of aryl methyl sites for hydroxylation is 2. The zero-order valence-corrected chi connectivity index (χ0v) is 13.0. The molecule has 1 aromatic heterocycles. The molecule has 1 atom stereocenters. The van der Waals surface area contributed by atoms with Crippen LogP contribution >= 0.6 is 0 Å². The zero-order chi connectivity index (χ0) is 14.5. The number of aromatic nitrogens is 2. The molecule has 2 N–H and O–H groups in total. The van der Waals surface area contributed by atoms with Crippen LogP contribution in [0.3, 0.4) is 0 Å². The Balaban J connectivity index is 2.50. The van der Waals surface area contributed by atoms with Crippen molar-refractivity contribution in [3.63, 3.8) is 0 Å². The molecule has 0 spiro atoms. The molecule has 0 amide bonds. The van der Waals surface area contributed by atoms with E-state index in [9.17, 15) is 5.11 Å². The molecule has 0 aliphatic rings. The molecule has 1 rings (SSSR count). The van der Waals surface area contributed by atoms with Crippen LogP contribution in [0.4, 0.5) is 0 Å². The third-order valence-corrected chi connectivity index (χ3v) is 3.24. The summed E-state index contributed by atoms with van der Waals surface area (Å²) in [4.78, 5) is 0. The van der Waals surface area contributed by atoms with Crippen molar-refractivity contribution < 1.29 is 5.11 Å². The Morgan fingerprint density at radius 1 is 1.42 bits per heavy atom. The van der Waals surface area contributed by atoms with Gasteiger partial charge in [0.15, 0.2) is 0 Å². The Morgan fingerprint density at radius 3 is 2.63 bits per heavy atom. The summed E-state index contributed by atoms with van der Waals surface area (Å²) < 4.78 is 2.03. The lowest BCUT2D eigenvalue weighted by molar-refractivity contribution is 0.0382. The third kappa shape index (κ3) is 5.33. The number of hydrogen-bond donors (Lipinski definition) is 2. The van der Waals surface area contributed by atoms with Crippen molar-refractivity contribution in [2.75, 3.05) is 6.54 Å². The first-order chi connectivity index (χ1) is 8.88. The van der Waals surface area contributed by atoms with Crippen LogP contribution in [0, 0.1) is 5.92 Å². The summed E-state index contributed by atoms with van der Waals surface area (Å²) in [6, 6.07) is 2.15. The summed E-state index contributed by atoms with van der Waals surface area (Å²) >= 11 is 0. The minimum absolute atomic E-state index is 0.504. The zero-order valence-electron chi connectivity index (χ0n) is 13.0. The number of rotatable bonds is 8. The van der Waals surface area contributed by atoms with Gasteiger partial charge in [-0.25, -0.2) is 0 Å². The van der Waals surface area contributed by atoms with Crippen LogP contribution in [0.2, 0.25) is 0 Å². The van der Waals surface area contributed by atoms with E-state index in [4.69, 9.17) is 0 Å². The maximum absolute atomic E-state index is 10.3. The molecule has 0 aromatic carbocycles. The van der Waals surface area contributed by atoms with Gasteiger partial charge >= 0.3 is 0 Å². The van der Waals surface area contributed by atoms with Gasteiger partial charge in [-0.2, -0.15) is 5.10 Å². The van der Waals surface area contributed by atoms with E-state index in [1.165, 1.54) is 5.69 Å². The fourth-order valence-corrected chi connectivity index (χ4v) is 2.52. The monoisotopic (exact) mass is 267 g/mol. The number of hydrogen-bond acceptors (Lipinski definition) is 3. The van der Waals surface area contributed by atoms with Crippen molar-refractivity contribution >= 4 is 0 Å². The molecule has 0 saturated heterocycles. The van der Waals surface area contributed by atoms with Crippen LogP contribution in [-0.4, -0.2) is 27.0 Å². The highest BCUT2D eigenvalue weighted by molar-refractivity contribution is 5.10. The molecular formula is C15H29N3O. The van der Waals surface area contributed by atoms with E-state index >= 15 is 0 Å². The summed E-state index contributed by atoms with van der Waals surface area (Å²) in [7, 11) is 0. The predicted molar refractivity (Wildman–Crippen MR) is 79.1 cm³/mol. The molecule has 0 aliphatic heterocycles. The second-order valence-corrected chi connectivity index (χ2v) is 5.99. The molecule has 19 heavy (non-hydrogen) atoms. The molecule has 110 valence electrons. The molecule has 0 radical (unpaired) electrons. The van der Waals surface area contributed by atoms with Crippen LogP contribution in [0.15, 0.2) is 6.07 Å². The minimum Gasteiger partial charge on any atom is -0.389 e. The SMILES string of the molecule is CCc1cc(CNCC(C)(O)CC(C)C)n(CC)n1. The Labute approximate surface area is 117 Å². The second-order valence-electron chi connectivity index (χ2n) is 5.99. The smallest absolute Gasteiger partial charge is 0.0746 e. The first kappa shape index (κ1) is 16.2. The second kappa shape index (κ2) is 7.06. The van der Waals surface area contributed by atoms with Crippen molar-refractivity contribution in [1.82, 2.24) is 15.1 Å². The van der Waals surface area contributed by atoms with Crippen molar-refractivity contribution in [3.8, 4) is 0 Å². The molecule has 1 aromatic rings. The topological polar surface area (TPSA) is 50.1 Å². The van der Waals surface area contributed by atoms with Crippen LogP contribution < -0.4 is 5.32 Å². The van der Waals surface area contributed by atoms with Gasteiger partial charge in [-0.1, -0.05) is 20.8 Å². The van der Waals surface area contributed by atoms with Crippen molar-refractivity contribution in [2.45, 2.75) is 66.2 Å². The van der Waals surface area contributed by atoms with E-state index in [1.54, 1.807) is 0 Å². The Morgan fingerprint density at radius 2 is 2.11 bits per heavy atom. The average molecular weight is 267 g/mol. The van der Waals surface area contributed by atoms with Crippen molar-refractivity contribution in [1.29, 1.82) is 0 Å². The Bertz CT molecular complexity index is 383. The van der Waals surface area contributed by atoms with Crippen molar-refractivity contribution in [3.05, 3.63) is 17.5 Å². The molecule has 0 fully saturated rings. The van der Waals surface area contributed by atoms with E-state index in [-0.39, 0.29) is 0 Å². The van der Waals surface area contributed by atoms with Gasteiger partial charge in [0.05, 0.1) is 17.0 Å². The maximum Gasteiger partial charge on any atom is 0.0746 e. The summed E-state index contributed by atoms with van der Waals surface area (Å²) in [6.07, 6.45) is 1.78. The minimum atomic E-state index is -0.640. The average Bonchev–Trinajstić information content (AvgIpc) is 2.69. The first-order valence-electron chi connectivity index (χ1n) is 7.36. The summed E-state index contributed by atoms with van der Waals surface area (Å²) in [5.41, 5.74) is 1.69. The summed E-state index contributed by atoms with van der Waals surface area (Å²) in [5.74, 6) is 0.504. The Kier molecular flexibility index (Phi) is 6.01. The molecule has 0 bridgehead atoms. The van der Waals surface area contributed by atoms with Crippen LogP contribution in [-0.2, 0) is 19.5 Å². The van der Waals surface area contributed by atoms with Gasteiger partial charge in [-0.3, -0.25) is 4.68 Å². The van der Waals surface area contributed by atoms with Gasteiger partial charge in [0.25, 0.3) is 0 Å². The van der Waals surface area contributed by atoms with Gasteiger partial charge in [0, 0.05) is 19.6 Å². The van der Waals surface area contributed by atoms with Crippen molar-refractivity contribution in [2.24, 2.45) is 5.92 Å². The highest BCUT2D eigenvalue weighted by atomic mass is 16.3. The largest absolute Gasteiger partial charge is 0.389 e. The lowest BCUT2D eigenvalue weighted by Gasteiger charge is -2.25. The normalized spacial score (nSPS) is 14.9. The van der Waals surface area contributed by atoms with Gasteiger partial charge < -0.3 is 10.4 Å². The van der Waals surface area contributed by atoms with Crippen LogP contribution in [0.25, 0.3) is 0 Å². The lowest BCUT2D eigenvalue weighted by Crippen LogP contribution is -2.38.